The van der Waals surface area contributed by atoms with Crippen molar-refractivity contribution in [2.45, 2.75) is 45.4 Å². The minimum atomic E-state index is -4.19. The Morgan fingerprint density at radius 1 is 1.00 bits per heavy atom. The first-order valence-electron chi connectivity index (χ1n) is 10.8. The van der Waals surface area contributed by atoms with E-state index in [1.807, 2.05) is 4.72 Å². The summed E-state index contributed by atoms with van der Waals surface area (Å²) in [7, 11) is -4.19. The van der Waals surface area contributed by atoms with Gasteiger partial charge in [-0.25, -0.2) is 17.9 Å². The fraction of sp³-hybridized carbons (Fsp3) is 0.435. The van der Waals surface area contributed by atoms with Crippen molar-refractivity contribution in [2.24, 2.45) is 5.41 Å². The maximum atomic E-state index is 12.5. The van der Waals surface area contributed by atoms with Crippen LogP contribution in [0, 0.1) is 12.3 Å². The molecule has 3 amide bonds. The highest BCUT2D eigenvalue weighted by atomic mass is 32.2. The Morgan fingerprint density at radius 3 is 2.20 bits per heavy atom. The van der Waals surface area contributed by atoms with Crippen LogP contribution in [-0.4, -0.2) is 62.7 Å². The van der Waals surface area contributed by atoms with E-state index < -0.39 is 45.1 Å². The Kier molecular flexibility index (Phi) is 8.91. The molecule has 1 aromatic rings. The van der Waals surface area contributed by atoms with Gasteiger partial charge in [0.1, 0.15) is 0 Å². The van der Waals surface area contributed by atoms with Crippen LogP contribution in [0.15, 0.2) is 35.2 Å². The lowest BCUT2D eigenvalue weighted by molar-refractivity contribution is -0.145. The number of nitrogens with one attached hydrogen (secondary N) is 1. The second kappa shape index (κ2) is 11.3. The quantitative estimate of drug-likeness (QED) is 0.279. The molecule has 190 valence electrons. The first kappa shape index (κ1) is 27.7. The third kappa shape index (κ3) is 7.74. The summed E-state index contributed by atoms with van der Waals surface area (Å²) >= 11 is 0. The third-order valence-electron chi connectivity index (χ3n) is 4.87. The molecule has 0 atom stereocenters. The number of hydrogen-bond acceptors (Lipinski definition) is 9. The zero-order valence-electron chi connectivity index (χ0n) is 20.0. The van der Waals surface area contributed by atoms with E-state index in [2.05, 4.69) is 0 Å². The Labute approximate surface area is 203 Å². The molecule has 11 nitrogen and oxygen atoms in total. The first-order chi connectivity index (χ1) is 16.2. The third-order valence-corrected chi connectivity index (χ3v) is 6.20. The van der Waals surface area contributed by atoms with Crippen molar-refractivity contribution in [3.63, 3.8) is 0 Å². The minimum absolute atomic E-state index is 0.0154. The predicted octanol–water partition coefficient (Wildman–Crippen LogP) is 1.25. The summed E-state index contributed by atoms with van der Waals surface area (Å²) in [6, 6.07) is 3.84. The maximum Gasteiger partial charge on any atom is 0.338 e. The van der Waals surface area contributed by atoms with Crippen molar-refractivity contribution in [3.05, 3.63) is 41.5 Å². The molecule has 35 heavy (non-hydrogen) atoms. The lowest BCUT2D eigenvalue weighted by Crippen LogP contribution is -2.38. The molecular formula is C23H28N2O9S. The summed E-state index contributed by atoms with van der Waals surface area (Å²) in [6.45, 7) is 6.07. The Bertz CT molecular complexity index is 1150. The van der Waals surface area contributed by atoms with Crippen molar-refractivity contribution in [3.8, 4) is 0 Å². The molecular weight excluding hydrogens is 480 g/mol. The van der Waals surface area contributed by atoms with Crippen molar-refractivity contribution in [1.29, 1.82) is 0 Å². The number of imide groups is 1. The molecule has 0 aromatic heterocycles. The van der Waals surface area contributed by atoms with E-state index in [0.29, 0.717) is 5.56 Å². The summed E-state index contributed by atoms with van der Waals surface area (Å²) in [5.74, 6) is -3.05. The summed E-state index contributed by atoms with van der Waals surface area (Å²) < 4.78 is 37.2. The molecule has 0 aliphatic carbocycles. The number of benzene rings is 1. The molecule has 0 bridgehead atoms. The molecule has 0 saturated heterocycles. The molecule has 12 heteroatoms. The fourth-order valence-electron chi connectivity index (χ4n) is 2.74. The van der Waals surface area contributed by atoms with E-state index in [1.165, 1.54) is 12.1 Å². The van der Waals surface area contributed by atoms with Gasteiger partial charge in [-0.15, -0.1) is 0 Å². The number of nitrogens with zero attached hydrogens (tertiary/aromatic N) is 1. The molecule has 0 unspecified atom stereocenters. The highest BCUT2D eigenvalue weighted by molar-refractivity contribution is 7.90. The molecule has 2 rings (SSSR count). The van der Waals surface area contributed by atoms with Gasteiger partial charge in [-0.3, -0.25) is 24.1 Å². The number of hydrogen-bond donors (Lipinski definition) is 1. The average Bonchev–Trinajstić information content (AvgIpc) is 3.08. The SMILES string of the molecule is Cc1ccc(S(=O)(=O)NC(=O)C(C)(C)C)cc1C(=O)OCCCOC(=O)CCN1C(=O)C=CC1=O. The van der Waals surface area contributed by atoms with E-state index in [0.717, 1.165) is 23.1 Å². The van der Waals surface area contributed by atoms with E-state index in [-0.39, 0.29) is 43.1 Å². The number of ether oxygens (including phenoxy) is 2. The monoisotopic (exact) mass is 508 g/mol. The van der Waals surface area contributed by atoms with Gasteiger partial charge in [-0.05, 0) is 24.6 Å². The predicted molar refractivity (Wildman–Crippen MR) is 122 cm³/mol. The van der Waals surface area contributed by atoms with Crippen LogP contribution in [-0.2, 0) is 38.7 Å². The summed E-state index contributed by atoms with van der Waals surface area (Å²) in [5, 5.41) is 0. The van der Waals surface area contributed by atoms with E-state index in [1.54, 1.807) is 27.7 Å². The first-order valence-corrected chi connectivity index (χ1v) is 12.2. The zero-order chi connectivity index (χ0) is 26.4. The van der Waals surface area contributed by atoms with Crippen molar-refractivity contribution in [2.75, 3.05) is 19.8 Å². The lowest BCUT2D eigenvalue weighted by Gasteiger charge is -2.18. The van der Waals surface area contributed by atoms with Crippen molar-refractivity contribution < 1.29 is 41.9 Å². The highest BCUT2D eigenvalue weighted by Crippen LogP contribution is 2.19. The lowest BCUT2D eigenvalue weighted by atomic mass is 9.96. The Morgan fingerprint density at radius 2 is 1.60 bits per heavy atom. The van der Waals surface area contributed by atoms with Crippen LogP contribution in [0.4, 0.5) is 0 Å². The minimum Gasteiger partial charge on any atom is -0.465 e. The van der Waals surface area contributed by atoms with Gasteiger partial charge in [0, 0.05) is 30.5 Å². The van der Waals surface area contributed by atoms with Gasteiger partial charge in [-0.2, -0.15) is 0 Å². The smallest absolute Gasteiger partial charge is 0.338 e. The Hall–Kier alpha value is -3.54. The molecule has 1 N–H and O–H groups in total. The number of carbonyl (C=O) groups is 5. The van der Waals surface area contributed by atoms with Crippen LogP contribution in [0.1, 0.15) is 49.5 Å². The molecule has 1 aromatic carbocycles. The molecule has 1 aliphatic rings. The topological polar surface area (TPSA) is 153 Å². The van der Waals surface area contributed by atoms with Gasteiger partial charge in [-0.1, -0.05) is 26.8 Å². The molecule has 0 saturated carbocycles. The molecule has 1 heterocycles. The van der Waals surface area contributed by atoms with Gasteiger partial charge in [0.15, 0.2) is 0 Å². The molecule has 0 spiro atoms. The number of amides is 3. The average molecular weight is 509 g/mol. The van der Waals surface area contributed by atoms with E-state index >= 15 is 0 Å². The fourth-order valence-corrected chi connectivity index (χ4v) is 3.92. The van der Waals surface area contributed by atoms with E-state index in [9.17, 15) is 32.4 Å². The van der Waals surface area contributed by atoms with Crippen molar-refractivity contribution in [1.82, 2.24) is 9.62 Å². The molecule has 0 fully saturated rings. The normalized spacial score (nSPS) is 13.7. The van der Waals surface area contributed by atoms with Crippen LogP contribution >= 0.6 is 0 Å². The maximum absolute atomic E-state index is 12.5. The van der Waals surface area contributed by atoms with E-state index in [4.69, 9.17) is 9.47 Å². The summed E-state index contributed by atoms with van der Waals surface area (Å²) in [5.41, 5.74) is -0.437. The second-order valence-corrected chi connectivity index (χ2v) is 10.5. The second-order valence-electron chi connectivity index (χ2n) is 8.78. The summed E-state index contributed by atoms with van der Waals surface area (Å²) in [6.07, 6.45) is 2.26. The largest absolute Gasteiger partial charge is 0.465 e. The van der Waals surface area contributed by atoms with Crippen LogP contribution in [0.2, 0.25) is 0 Å². The van der Waals surface area contributed by atoms with Crippen LogP contribution in [0.3, 0.4) is 0 Å². The number of aryl methyl sites for hydroxylation is 1. The Balaban J connectivity index is 1.83. The van der Waals surface area contributed by atoms with Crippen LogP contribution < -0.4 is 4.72 Å². The zero-order valence-corrected chi connectivity index (χ0v) is 20.8. The van der Waals surface area contributed by atoms with Crippen molar-refractivity contribution >= 4 is 39.7 Å². The van der Waals surface area contributed by atoms with Crippen LogP contribution in [0.25, 0.3) is 0 Å². The van der Waals surface area contributed by atoms with Gasteiger partial charge in [0.2, 0.25) is 5.91 Å². The number of rotatable bonds is 10. The standard InChI is InChI=1S/C23H28N2O9S/c1-15-6-7-16(35(31,32)24-22(30)23(2,3)4)14-17(15)21(29)34-13-5-12-33-20(28)10-11-25-18(26)8-9-19(25)27/h6-9,14H,5,10-13H2,1-4H3,(H,24,30). The number of carbonyl (C=O) groups excluding carboxylic acids is 5. The van der Waals surface area contributed by atoms with Crippen LogP contribution in [0.5, 0.6) is 0 Å². The molecule has 0 radical (unpaired) electrons. The molecule has 1 aliphatic heterocycles. The summed E-state index contributed by atoms with van der Waals surface area (Å²) in [4.78, 5) is 59.8. The number of sulfonamides is 1. The van der Waals surface area contributed by atoms with Gasteiger partial charge < -0.3 is 9.47 Å². The highest BCUT2D eigenvalue weighted by Gasteiger charge is 2.28. The van der Waals surface area contributed by atoms with Gasteiger partial charge in [0.25, 0.3) is 21.8 Å². The number of esters is 2. The van der Waals surface area contributed by atoms with Gasteiger partial charge >= 0.3 is 11.9 Å². The van der Waals surface area contributed by atoms with Gasteiger partial charge in [0.05, 0.1) is 30.1 Å².